The van der Waals surface area contributed by atoms with E-state index in [1.807, 2.05) is 0 Å². The van der Waals surface area contributed by atoms with Gasteiger partial charge in [0.25, 0.3) is 11.3 Å². The van der Waals surface area contributed by atoms with Crippen molar-refractivity contribution in [2.45, 2.75) is 122 Å². The number of aliphatic imine (C=N–C) groups is 1. The molecular weight excluding hydrogens is 572 g/mol. The number of fused-ring (bicyclic) bond motifs is 4. The van der Waals surface area contributed by atoms with Gasteiger partial charge in [-0.1, -0.05) is 11.6 Å². The zero-order valence-corrected chi connectivity index (χ0v) is 26.4. The molecule has 244 valence electrons. The third-order valence-electron chi connectivity index (χ3n) is 9.82. The summed E-state index contributed by atoms with van der Waals surface area (Å²) in [5.41, 5.74) is -0.694. The molecule has 0 amide bonds. The fourth-order valence-corrected chi connectivity index (χ4v) is 7.38. The topological polar surface area (TPSA) is 148 Å². The van der Waals surface area contributed by atoms with Crippen LogP contribution in [0.3, 0.4) is 0 Å². The van der Waals surface area contributed by atoms with Gasteiger partial charge in [-0.2, -0.15) is 0 Å². The van der Waals surface area contributed by atoms with Crippen molar-refractivity contribution in [1.29, 1.82) is 0 Å². The first kappa shape index (κ1) is 32.4. The van der Waals surface area contributed by atoms with E-state index in [2.05, 4.69) is 10.1 Å². The van der Waals surface area contributed by atoms with Crippen LogP contribution in [0, 0.1) is 16.7 Å². The predicted molar refractivity (Wildman–Crippen MR) is 157 cm³/mol. The molecular formula is C32H46N2O10. The first-order valence-corrected chi connectivity index (χ1v) is 16.3. The van der Waals surface area contributed by atoms with Gasteiger partial charge in [-0.25, -0.2) is 14.6 Å². The SMILES string of the molecule is CCOC(=O)CC1(C(=O)OCC)N=C2C(CCCC23CC3)O1.CCOC(=O)CC1(C(=O)OCC)ON=C2C1CCCC21CC1. The summed E-state index contributed by atoms with van der Waals surface area (Å²) in [6.45, 7) is 7.97. The largest absolute Gasteiger partial charge is 0.466 e. The Morgan fingerprint density at radius 3 is 1.84 bits per heavy atom. The van der Waals surface area contributed by atoms with Crippen molar-refractivity contribution in [2.75, 3.05) is 26.4 Å². The van der Waals surface area contributed by atoms with Crippen LogP contribution in [0.4, 0.5) is 0 Å². The van der Waals surface area contributed by atoms with Crippen LogP contribution in [0.5, 0.6) is 0 Å². The number of carbonyl (C=O) groups is 4. The van der Waals surface area contributed by atoms with Crippen LogP contribution >= 0.6 is 0 Å². The molecule has 6 rings (SSSR count). The first-order valence-electron chi connectivity index (χ1n) is 16.3. The molecule has 4 aliphatic carbocycles. The molecule has 4 saturated carbocycles. The lowest BCUT2D eigenvalue weighted by Crippen LogP contribution is -2.51. The van der Waals surface area contributed by atoms with Crippen molar-refractivity contribution in [3.63, 3.8) is 0 Å². The minimum absolute atomic E-state index is 0.117. The molecule has 0 aromatic carbocycles. The number of nitrogens with zero attached hydrogens (tertiary/aromatic N) is 2. The molecule has 0 radical (unpaired) electrons. The van der Waals surface area contributed by atoms with E-state index in [1.54, 1.807) is 27.7 Å². The third-order valence-corrected chi connectivity index (χ3v) is 9.82. The van der Waals surface area contributed by atoms with Crippen molar-refractivity contribution in [2.24, 2.45) is 26.9 Å². The smallest absolute Gasteiger partial charge is 0.362 e. The van der Waals surface area contributed by atoms with Crippen molar-refractivity contribution in [1.82, 2.24) is 0 Å². The number of rotatable bonds is 10. The van der Waals surface area contributed by atoms with E-state index in [-0.39, 0.29) is 62.1 Å². The van der Waals surface area contributed by atoms with Gasteiger partial charge in [0.15, 0.2) is 0 Å². The van der Waals surface area contributed by atoms with Gasteiger partial charge in [-0.05, 0) is 85.5 Å². The monoisotopic (exact) mass is 618 g/mol. The fourth-order valence-electron chi connectivity index (χ4n) is 7.38. The van der Waals surface area contributed by atoms with Crippen molar-refractivity contribution in [3.05, 3.63) is 0 Å². The molecule has 0 bridgehead atoms. The highest BCUT2D eigenvalue weighted by Crippen LogP contribution is 2.60. The molecule has 4 unspecified atom stereocenters. The zero-order chi connectivity index (χ0) is 31.6. The standard InChI is InChI=1S/2C16H23NO5/c1-3-20-12(18)10-16(14(19)21-4-2)17-13-11(22-16)6-5-7-15(13)8-9-15;1-3-20-12(18)10-16(14(19)21-4-2)11-6-5-7-15(8-9-15)13(11)17-22-16/h2*11H,3-10H2,1-2H3. The Balaban J connectivity index is 0.000000175. The molecule has 2 heterocycles. The van der Waals surface area contributed by atoms with E-state index in [1.165, 1.54) is 0 Å². The molecule has 4 fully saturated rings. The van der Waals surface area contributed by atoms with E-state index in [0.29, 0.717) is 0 Å². The van der Waals surface area contributed by atoms with Gasteiger partial charge in [-0.15, -0.1) is 0 Å². The van der Waals surface area contributed by atoms with Crippen molar-refractivity contribution >= 4 is 35.3 Å². The summed E-state index contributed by atoms with van der Waals surface area (Å²) < 4.78 is 26.3. The maximum Gasteiger partial charge on any atom is 0.362 e. The molecule has 12 nitrogen and oxygen atoms in total. The van der Waals surface area contributed by atoms with E-state index in [0.717, 1.165) is 75.6 Å². The third kappa shape index (κ3) is 5.98. The number of oxime groups is 1. The molecule has 0 aromatic rings. The first-order chi connectivity index (χ1) is 21.1. The Morgan fingerprint density at radius 1 is 0.705 bits per heavy atom. The molecule has 12 heteroatoms. The van der Waals surface area contributed by atoms with Crippen LogP contribution in [0.1, 0.15) is 105 Å². The highest BCUT2D eigenvalue weighted by Gasteiger charge is 2.65. The van der Waals surface area contributed by atoms with Gasteiger partial charge < -0.3 is 28.5 Å². The molecule has 0 aromatic heterocycles. The lowest BCUT2D eigenvalue weighted by atomic mass is 9.69. The number of carbonyl (C=O) groups excluding carboxylic acids is 4. The second kappa shape index (κ2) is 12.8. The summed E-state index contributed by atoms with van der Waals surface area (Å²) in [7, 11) is 0. The molecule has 6 aliphatic rings. The van der Waals surface area contributed by atoms with Gasteiger partial charge in [0.2, 0.25) is 0 Å². The maximum atomic E-state index is 12.6. The Morgan fingerprint density at radius 2 is 1.25 bits per heavy atom. The zero-order valence-electron chi connectivity index (χ0n) is 26.4. The minimum atomic E-state index is -1.54. The summed E-state index contributed by atoms with van der Waals surface area (Å²) in [6, 6.07) is 0. The number of hydrogen-bond acceptors (Lipinski definition) is 12. The molecule has 0 N–H and O–H groups in total. The summed E-state index contributed by atoms with van der Waals surface area (Å²) in [5, 5.41) is 4.25. The Bertz CT molecular complexity index is 1210. The van der Waals surface area contributed by atoms with E-state index < -0.39 is 35.2 Å². The van der Waals surface area contributed by atoms with Crippen LogP contribution < -0.4 is 0 Å². The average Bonchev–Trinajstić information content (AvgIpc) is 3.86. The quantitative estimate of drug-likeness (QED) is 0.257. The van der Waals surface area contributed by atoms with Crippen molar-refractivity contribution < 1.29 is 47.7 Å². The minimum Gasteiger partial charge on any atom is -0.466 e. The number of esters is 4. The van der Waals surface area contributed by atoms with Crippen LogP contribution in [0.25, 0.3) is 0 Å². The normalized spacial score (nSPS) is 31.2. The number of ether oxygens (including phenoxy) is 5. The summed E-state index contributed by atoms with van der Waals surface area (Å²) in [4.78, 5) is 59.1. The summed E-state index contributed by atoms with van der Waals surface area (Å²) in [5.74, 6) is -2.16. The van der Waals surface area contributed by atoms with Crippen LogP contribution in [0.15, 0.2) is 10.1 Å². The second-order valence-electron chi connectivity index (χ2n) is 12.6. The molecule has 2 spiro atoms. The van der Waals surface area contributed by atoms with Gasteiger partial charge >= 0.3 is 23.9 Å². The molecule has 0 saturated heterocycles. The maximum absolute atomic E-state index is 12.6. The van der Waals surface area contributed by atoms with E-state index >= 15 is 0 Å². The molecule has 2 aliphatic heterocycles. The highest BCUT2D eigenvalue weighted by atomic mass is 16.7. The second-order valence-corrected chi connectivity index (χ2v) is 12.6. The van der Waals surface area contributed by atoms with Crippen LogP contribution in [-0.2, 0) is 47.7 Å². The van der Waals surface area contributed by atoms with Gasteiger partial charge in [-0.3, -0.25) is 9.59 Å². The van der Waals surface area contributed by atoms with Gasteiger partial charge in [0, 0.05) is 10.8 Å². The van der Waals surface area contributed by atoms with Gasteiger partial charge in [0.1, 0.15) is 6.42 Å². The average molecular weight is 619 g/mol. The Kier molecular flexibility index (Phi) is 9.39. The van der Waals surface area contributed by atoms with Gasteiger partial charge in [0.05, 0.1) is 56.3 Å². The van der Waals surface area contributed by atoms with Crippen molar-refractivity contribution in [3.8, 4) is 0 Å². The Labute approximate surface area is 258 Å². The lowest BCUT2D eigenvalue weighted by Gasteiger charge is -2.34. The lowest BCUT2D eigenvalue weighted by molar-refractivity contribution is -0.181. The Hall–Kier alpha value is -3.02. The summed E-state index contributed by atoms with van der Waals surface area (Å²) in [6.07, 6.45) is 9.86. The summed E-state index contributed by atoms with van der Waals surface area (Å²) >= 11 is 0. The number of hydrogen-bond donors (Lipinski definition) is 0. The van der Waals surface area contributed by atoms with Crippen LogP contribution in [-0.4, -0.2) is 79.2 Å². The highest BCUT2D eigenvalue weighted by molar-refractivity contribution is 6.03. The molecule has 44 heavy (non-hydrogen) atoms. The molecule has 4 atom stereocenters. The predicted octanol–water partition coefficient (Wildman–Crippen LogP) is 4.21. The van der Waals surface area contributed by atoms with E-state index in [4.69, 9.17) is 28.5 Å². The van der Waals surface area contributed by atoms with E-state index in [9.17, 15) is 19.2 Å². The fraction of sp³-hybridized carbons (Fsp3) is 0.812. The van der Waals surface area contributed by atoms with Crippen LogP contribution in [0.2, 0.25) is 0 Å².